The number of nitrogens with zero attached hydrogens (tertiary/aromatic N) is 1. The number of rotatable bonds is 7. The van der Waals surface area contributed by atoms with E-state index in [1.165, 1.54) is 61.1 Å². The predicted molar refractivity (Wildman–Crippen MR) is 96.0 cm³/mol. The topological polar surface area (TPSA) is 3.24 Å². The normalized spacial score (nSPS) is 19.8. The van der Waals surface area contributed by atoms with E-state index in [1.807, 2.05) is 0 Å². The molecule has 1 aromatic carbocycles. The highest BCUT2D eigenvalue weighted by molar-refractivity contribution is 5.70. The first-order chi connectivity index (χ1) is 10.8. The third-order valence-corrected chi connectivity index (χ3v) is 4.63. The minimum Gasteiger partial charge on any atom is -0.334 e. The average Bonchev–Trinajstić information content (AvgIpc) is 3.08. The van der Waals surface area contributed by atoms with Gasteiger partial charge < -0.3 is 4.90 Å². The lowest BCUT2D eigenvalue weighted by molar-refractivity contribution is 0.644. The van der Waals surface area contributed by atoms with Crippen molar-refractivity contribution in [3.05, 3.63) is 65.4 Å². The van der Waals surface area contributed by atoms with Crippen molar-refractivity contribution in [3.8, 4) is 0 Å². The fourth-order valence-corrected chi connectivity index (χ4v) is 3.45. The first kappa shape index (κ1) is 15.1. The minimum absolute atomic E-state index is 0.521. The maximum atomic E-state index is 2.54. The fraction of sp³-hybridized carbons (Fsp3) is 0.429. The van der Waals surface area contributed by atoms with Crippen molar-refractivity contribution >= 4 is 5.69 Å². The standard InChI is InChI=1S/C21H27N/c1-3-5-10-17-14-18-16-20(11-6-4-2)22(21(18)15-17)19-12-8-7-9-13-19/h7-9,12-16,20H,3-6,10-11H2,1-2H3. The van der Waals surface area contributed by atoms with Gasteiger partial charge in [0.25, 0.3) is 0 Å². The van der Waals surface area contributed by atoms with Gasteiger partial charge >= 0.3 is 0 Å². The van der Waals surface area contributed by atoms with Gasteiger partial charge in [-0.05, 0) is 54.7 Å². The molecule has 0 amide bonds. The Kier molecular flexibility index (Phi) is 4.82. The molecule has 0 bridgehead atoms. The highest BCUT2D eigenvalue weighted by Gasteiger charge is 2.31. The van der Waals surface area contributed by atoms with Gasteiger partial charge in [0.05, 0.1) is 6.04 Å². The second-order valence-corrected chi connectivity index (χ2v) is 6.39. The van der Waals surface area contributed by atoms with Crippen LogP contribution in [0.3, 0.4) is 0 Å². The maximum absolute atomic E-state index is 2.54. The summed E-state index contributed by atoms with van der Waals surface area (Å²) < 4.78 is 0. The van der Waals surface area contributed by atoms with Crippen LogP contribution in [0, 0.1) is 0 Å². The largest absolute Gasteiger partial charge is 0.334 e. The SMILES string of the molecule is CCCCC1=CC2=CC(CCCC)N(c3ccccc3)C2=C1. The van der Waals surface area contributed by atoms with Crippen molar-refractivity contribution in [2.45, 2.75) is 58.4 Å². The molecular formula is C21H27N. The number of hydrogen-bond donors (Lipinski definition) is 0. The number of anilines is 1. The molecular weight excluding hydrogens is 266 g/mol. The van der Waals surface area contributed by atoms with Crippen molar-refractivity contribution in [1.29, 1.82) is 0 Å². The first-order valence-corrected chi connectivity index (χ1v) is 8.82. The molecule has 2 aliphatic rings. The van der Waals surface area contributed by atoms with Gasteiger partial charge in [0.1, 0.15) is 0 Å². The van der Waals surface area contributed by atoms with E-state index in [9.17, 15) is 0 Å². The van der Waals surface area contributed by atoms with Crippen LogP contribution in [-0.2, 0) is 0 Å². The molecule has 1 aromatic rings. The van der Waals surface area contributed by atoms with E-state index in [4.69, 9.17) is 0 Å². The van der Waals surface area contributed by atoms with Gasteiger partial charge in [-0.25, -0.2) is 0 Å². The highest BCUT2D eigenvalue weighted by Crippen LogP contribution is 2.40. The van der Waals surface area contributed by atoms with E-state index in [0.29, 0.717) is 6.04 Å². The number of para-hydroxylation sites is 1. The van der Waals surface area contributed by atoms with Crippen LogP contribution >= 0.6 is 0 Å². The molecule has 0 saturated carbocycles. The van der Waals surface area contributed by atoms with Crippen molar-refractivity contribution in [1.82, 2.24) is 0 Å². The summed E-state index contributed by atoms with van der Waals surface area (Å²) in [6.07, 6.45) is 14.9. The van der Waals surface area contributed by atoms with Gasteiger partial charge in [-0.1, -0.05) is 57.4 Å². The zero-order valence-electron chi connectivity index (χ0n) is 13.9. The second-order valence-electron chi connectivity index (χ2n) is 6.39. The molecule has 1 aliphatic carbocycles. The first-order valence-electron chi connectivity index (χ1n) is 8.82. The molecule has 1 aliphatic heterocycles. The molecule has 0 radical (unpaired) electrons. The summed E-state index contributed by atoms with van der Waals surface area (Å²) in [4.78, 5) is 2.54. The van der Waals surface area contributed by atoms with E-state index in [0.717, 1.165) is 0 Å². The quantitative estimate of drug-likeness (QED) is 0.595. The number of hydrogen-bond acceptors (Lipinski definition) is 1. The summed E-state index contributed by atoms with van der Waals surface area (Å²) in [5, 5.41) is 0. The van der Waals surface area contributed by atoms with Gasteiger partial charge in [-0.2, -0.15) is 0 Å². The van der Waals surface area contributed by atoms with Crippen molar-refractivity contribution in [2.75, 3.05) is 4.90 Å². The summed E-state index contributed by atoms with van der Waals surface area (Å²) in [7, 11) is 0. The van der Waals surface area contributed by atoms with Crippen molar-refractivity contribution in [2.24, 2.45) is 0 Å². The molecule has 0 aromatic heterocycles. The van der Waals surface area contributed by atoms with Crippen LogP contribution in [0.1, 0.15) is 52.4 Å². The Morgan fingerprint density at radius 2 is 1.73 bits per heavy atom. The van der Waals surface area contributed by atoms with Gasteiger partial charge in [-0.15, -0.1) is 0 Å². The molecule has 0 saturated heterocycles. The van der Waals surface area contributed by atoms with Gasteiger partial charge in [-0.3, -0.25) is 0 Å². The molecule has 22 heavy (non-hydrogen) atoms. The number of fused-ring (bicyclic) bond motifs is 1. The fourth-order valence-electron chi connectivity index (χ4n) is 3.45. The van der Waals surface area contributed by atoms with Gasteiger partial charge in [0.15, 0.2) is 0 Å². The molecule has 0 fully saturated rings. The molecule has 1 nitrogen and oxygen atoms in total. The summed E-state index contributed by atoms with van der Waals surface area (Å²) in [6, 6.07) is 11.4. The Morgan fingerprint density at radius 1 is 0.955 bits per heavy atom. The molecule has 3 rings (SSSR count). The maximum Gasteiger partial charge on any atom is 0.0532 e. The van der Waals surface area contributed by atoms with Crippen LogP contribution in [0.2, 0.25) is 0 Å². The van der Waals surface area contributed by atoms with Crippen LogP contribution < -0.4 is 4.90 Å². The second kappa shape index (κ2) is 7.00. The third kappa shape index (κ3) is 3.04. The van der Waals surface area contributed by atoms with Crippen LogP contribution in [0.25, 0.3) is 0 Å². The van der Waals surface area contributed by atoms with Gasteiger partial charge in [0, 0.05) is 11.4 Å². The highest BCUT2D eigenvalue weighted by atomic mass is 15.2. The smallest absolute Gasteiger partial charge is 0.0532 e. The van der Waals surface area contributed by atoms with Crippen LogP contribution in [-0.4, -0.2) is 6.04 Å². The van der Waals surface area contributed by atoms with Crippen LogP contribution in [0.15, 0.2) is 65.4 Å². The van der Waals surface area contributed by atoms with E-state index in [1.54, 1.807) is 0 Å². The zero-order valence-corrected chi connectivity index (χ0v) is 13.9. The Bertz CT molecular complexity index is 592. The van der Waals surface area contributed by atoms with E-state index < -0.39 is 0 Å². The summed E-state index contributed by atoms with van der Waals surface area (Å²) in [6.45, 7) is 4.54. The molecule has 1 heterocycles. The van der Waals surface area contributed by atoms with Crippen LogP contribution in [0.5, 0.6) is 0 Å². The Hall–Kier alpha value is -1.76. The number of allylic oxidation sites excluding steroid dienone is 3. The minimum atomic E-state index is 0.521. The van der Waals surface area contributed by atoms with E-state index in [2.05, 4.69) is 67.3 Å². The van der Waals surface area contributed by atoms with E-state index >= 15 is 0 Å². The lowest BCUT2D eigenvalue weighted by Gasteiger charge is -2.28. The van der Waals surface area contributed by atoms with Crippen molar-refractivity contribution < 1.29 is 0 Å². The summed E-state index contributed by atoms with van der Waals surface area (Å²) in [5.41, 5.74) is 5.68. The number of unbranched alkanes of at least 4 members (excludes halogenated alkanes) is 2. The summed E-state index contributed by atoms with van der Waals surface area (Å²) in [5.74, 6) is 0. The average molecular weight is 293 g/mol. The number of benzene rings is 1. The van der Waals surface area contributed by atoms with Gasteiger partial charge in [0.2, 0.25) is 0 Å². The van der Waals surface area contributed by atoms with E-state index in [-0.39, 0.29) is 0 Å². The van der Waals surface area contributed by atoms with Crippen LogP contribution in [0.4, 0.5) is 5.69 Å². The molecule has 0 spiro atoms. The molecule has 116 valence electrons. The summed E-state index contributed by atoms with van der Waals surface area (Å²) >= 11 is 0. The van der Waals surface area contributed by atoms with Crippen molar-refractivity contribution in [3.63, 3.8) is 0 Å². The Morgan fingerprint density at radius 3 is 2.45 bits per heavy atom. The molecule has 1 atom stereocenters. The molecule has 1 heteroatoms. The lowest BCUT2D eigenvalue weighted by Crippen LogP contribution is -2.28. The predicted octanol–water partition coefficient (Wildman–Crippen LogP) is 6.01. The zero-order chi connectivity index (χ0) is 15.4. The lowest BCUT2D eigenvalue weighted by atomic mass is 10.1. The Labute approximate surface area is 135 Å². The Balaban J connectivity index is 1.86. The molecule has 1 unspecified atom stereocenters. The molecule has 0 N–H and O–H groups in total. The third-order valence-electron chi connectivity index (χ3n) is 4.63. The monoisotopic (exact) mass is 293 g/mol.